The Morgan fingerprint density at radius 3 is 2.52 bits per heavy atom. The van der Waals surface area contributed by atoms with E-state index in [2.05, 4.69) is 10.6 Å². The van der Waals surface area contributed by atoms with Gasteiger partial charge in [0, 0.05) is 25.2 Å². The number of hydrogen-bond donors (Lipinski definition) is 2. The summed E-state index contributed by atoms with van der Waals surface area (Å²) in [5.74, 6) is -2.55. The van der Waals surface area contributed by atoms with Crippen LogP contribution in [0.2, 0.25) is 0 Å². The average Bonchev–Trinajstić information content (AvgIpc) is 2.45. The normalized spacial score (nSPS) is 10.3. The van der Waals surface area contributed by atoms with Gasteiger partial charge < -0.3 is 10.6 Å². The van der Waals surface area contributed by atoms with Crippen molar-refractivity contribution in [2.45, 2.75) is 6.54 Å². The van der Waals surface area contributed by atoms with Crippen molar-refractivity contribution < 1.29 is 18.0 Å². The zero-order valence-corrected chi connectivity index (χ0v) is 11.2. The van der Waals surface area contributed by atoms with E-state index >= 15 is 0 Å². The van der Waals surface area contributed by atoms with Crippen molar-refractivity contribution in [3.63, 3.8) is 0 Å². The highest BCUT2D eigenvalue weighted by Gasteiger charge is 2.14. The van der Waals surface area contributed by atoms with Gasteiger partial charge in [-0.05, 0) is 18.2 Å². The van der Waals surface area contributed by atoms with Crippen LogP contribution in [-0.4, -0.2) is 13.0 Å². The fraction of sp³-hybridized carbons (Fsp3) is 0.133. The lowest BCUT2D eigenvalue weighted by Gasteiger charge is -2.11. The van der Waals surface area contributed by atoms with Crippen molar-refractivity contribution in [1.29, 1.82) is 0 Å². The topological polar surface area (TPSA) is 41.1 Å². The van der Waals surface area contributed by atoms with Crippen LogP contribution in [0.4, 0.5) is 18.9 Å². The third kappa shape index (κ3) is 3.34. The molecule has 110 valence electrons. The van der Waals surface area contributed by atoms with Crippen LogP contribution >= 0.6 is 0 Å². The lowest BCUT2D eigenvalue weighted by molar-refractivity contribution is 0.0951. The van der Waals surface area contributed by atoms with E-state index in [1.807, 2.05) is 0 Å². The molecule has 0 aliphatic rings. The Morgan fingerprint density at radius 1 is 1.10 bits per heavy atom. The number of carbonyl (C=O) groups is 1. The van der Waals surface area contributed by atoms with Crippen molar-refractivity contribution in [1.82, 2.24) is 5.32 Å². The van der Waals surface area contributed by atoms with E-state index in [9.17, 15) is 18.0 Å². The number of rotatable bonds is 4. The minimum absolute atomic E-state index is 0.0644. The maximum absolute atomic E-state index is 13.5. The molecule has 2 N–H and O–H groups in total. The minimum atomic E-state index is -0.747. The van der Waals surface area contributed by atoms with Crippen molar-refractivity contribution in [2.75, 3.05) is 12.4 Å². The third-order valence-electron chi connectivity index (χ3n) is 2.96. The van der Waals surface area contributed by atoms with Crippen LogP contribution in [0.1, 0.15) is 15.9 Å². The molecule has 0 aliphatic carbocycles. The highest BCUT2D eigenvalue weighted by atomic mass is 19.1. The van der Waals surface area contributed by atoms with E-state index in [4.69, 9.17) is 0 Å². The van der Waals surface area contributed by atoms with Gasteiger partial charge in [-0.25, -0.2) is 13.2 Å². The number of amides is 1. The Balaban J connectivity index is 2.14. The molecule has 0 saturated heterocycles. The van der Waals surface area contributed by atoms with Crippen LogP contribution in [0.25, 0.3) is 0 Å². The molecule has 21 heavy (non-hydrogen) atoms. The molecule has 0 spiro atoms. The van der Waals surface area contributed by atoms with Gasteiger partial charge >= 0.3 is 0 Å². The molecule has 2 aromatic rings. The van der Waals surface area contributed by atoms with E-state index in [1.54, 1.807) is 0 Å². The molecule has 0 aromatic heterocycles. The monoisotopic (exact) mass is 294 g/mol. The molecule has 0 unspecified atom stereocenters. The highest BCUT2D eigenvalue weighted by Crippen LogP contribution is 2.19. The lowest BCUT2D eigenvalue weighted by Crippen LogP contribution is -2.24. The molecule has 0 atom stereocenters. The zero-order chi connectivity index (χ0) is 15.4. The van der Waals surface area contributed by atoms with Crippen LogP contribution in [0.3, 0.4) is 0 Å². The van der Waals surface area contributed by atoms with E-state index in [-0.39, 0.29) is 23.4 Å². The fourth-order valence-electron chi connectivity index (χ4n) is 1.90. The highest BCUT2D eigenvalue weighted by molar-refractivity contribution is 5.99. The van der Waals surface area contributed by atoms with Crippen molar-refractivity contribution in [3.8, 4) is 0 Å². The molecule has 6 heteroatoms. The second kappa shape index (κ2) is 6.30. The first-order chi connectivity index (χ1) is 10.0. The summed E-state index contributed by atoms with van der Waals surface area (Å²) in [6, 6.07) is 7.17. The van der Waals surface area contributed by atoms with Gasteiger partial charge in [0.1, 0.15) is 17.5 Å². The molecular weight excluding hydrogens is 281 g/mol. The standard InChI is InChI=1S/C15H13F3N2O/c1-19-14-11(3-2-4-12(14)17)15(21)20-8-9-5-6-10(16)7-13(9)18/h2-7,19H,8H2,1H3,(H,20,21). The largest absolute Gasteiger partial charge is 0.385 e. The Kier molecular flexibility index (Phi) is 4.47. The van der Waals surface area contributed by atoms with Gasteiger partial charge in [-0.3, -0.25) is 4.79 Å². The summed E-state index contributed by atoms with van der Waals surface area (Å²) in [6.07, 6.45) is 0. The fourth-order valence-corrected chi connectivity index (χ4v) is 1.90. The molecule has 1 amide bonds. The Morgan fingerprint density at radius 2 is 1.86 bits per heavy atom. The lowest BCUT2D eigenvalue weighted by atomic mass is 10.1. The van der Waals surface area contributed by atoms with Gasteiger partial charge in [0.05, 0.1) is 11.3 Å². The number of nitrogens with one attached hydrogen (secondary N) is 2. The number of carbonyl (C=O) groups excluding carboxylic acids is 1. The van der Waals surface area contributed by atoms with Crippen LogP contribution in [0.5, 0.6) is 0 Å². The SMILES string of the molecule is CNc1c(F)cccc1C(=O)NCc1ccc(F)cc1F. The van der Waals surface area contributed by atoms with Crippen LogP contribution in [0, 0.1) is 17.5 Å². The smallest absolute Gasteiger partial charge is 0.253 e. The van der Waals surface area contributed by atoms with E-state index < -0.39 is 23.4 Å². The number of benzene rings is 2. The van der Waals surface area contributed by atoms with Crippen LogP contribution < -0.4 is 10.6 Å². The zero-order valence-electron chi connectivity index (χ0n) is 11.2. The van der Waals surface area contributed by atoms with Gasteiger partial charge in [0.15, 0.2) is 0 Å². The summed E-state index contributed by atoms with van der Waals surface area (Å²) < 4.78 is 39.8. The third-order valence-corrected chi connectivity index (χ3v) is 2.96. The van der Waals surface area contributed by atoms with Crippen LogP contribution in [0.15, 0.2) is 36.4 Å². The van der Waals surface area contributed by atoms with Crippen molar-refractivity contribution in [2.24, 2.45) is 0 Å². The Bertz CT molecular complexity index is 674. The van der Waals surface area contributed by atoms with Gasteiger partial charge in [-0.2, -0.15) is 0 Å². The number of anilines is 1. The van der Waals surface area contributed by atoms with Crippen LogP contribution in [-0.2, 0) is 6.54 Å². The van der Waals surface area contributed by atoms with Gasteiger partial charge in [0.25, 0.3) is 5.91 Å². The van der Waals surface area contributed by atoms with E-state index in [1.165, 1.54) is 31.3 Å². The molecule has 0 bridgehead atoms. The first-order valence-electron chi connectivity index (χ1n) is 6.21. The Hall–Kier alpha value is -2.50. The summed E-state index contributed by atoms with van der Waals surface area (Å²) in [7, 11) is 1.49. The second-order valence-corrected chi connectivity index (χ2v) is 4.33. The van der Waals surface area contributed by atoms with Gasteiger partial charge in [-0.15, -0.1) is 0 Å². The second-order valence-electron chi connectivity index (χ2n) is 4.33. The molecule has 3 nitrogen and oxygen atoms in total. The number of para-hydroxylation sites is 1. The molecule has 0 saturated carbocycles. The Labute approximate surface area is 119 Å². The number of halogens is 3. The summed E-state index contributed by atoms with van der Waals surface area (Å²) in [5.41, 5.74) is 0.321. The summed E-state index contributed by atoms with van der Waals surface area (Å²) in [5, 5.41) is 5.07. The maximum Gasteiger partial charge on any atom is 0.253 e. The average molecular weight is 294 g/mol. The molecule has 0 fully saturated rings. The molecule has 0 aliphatic heterocycles. The maximum atomic E-state index is 13.5. The van der Waals surface area contributed by atoms with Crippen molar-refractivity contribution in [3.05, 3.63) is 65.0 Å². The summed E-state index contributed by atoms with van der Waals surface area (Å²) >= 11 is 0. The molecular formula is C15H13F3N2O. The molecule has 0 radical (unpaired) electrons. The molecule has 0 heterocycles. The quantitative estimate of drug-likeness (QED) is 0.910. The first kappa shape index (κ1) is 14.9. The van der Waals surface area contributed by atoms with Gasteiger partial charge in [0.2, 0.25) is 0 Å². The first-order valence-corrected chi connectivity index (χ1v) is 6.21. The van der Waals surface area contributed by atoms with E-state index in [0.29, 0.717) is 0 Å². The predicted octanol–water partition coefficient (Wildman–Crippen LogP) is 3.08. The van der Waals surface area contributed by atoms with Crippen molar-refractivity contribution >= 4 is 11.6 Å². The molecule has 2 rings (SSSR count). The van der Waals surface area contributed by atoms with Gasteiger partial charge in [-0.1, -0.05) is 12.1 Å². The van der Waals surface area contributed by atoms with E-state index in [0.717, 1.165) is 12.1 Å². The molecule has 2 aromatic carbocycles. The minimum Gasteiger partial charge on any atom is -0.385 e. The summed E-state index contributed by atoms with van der Waals surface area (Å²) in [4.78, 5) is 12.0. The summed E-state index contributed by atoms with van der Waals surface area (Å²) in [6.45, 7) is -0.120. The predicted molar refractivity (Wildman–Crippen MR) is 73.5 cm³/mol. The number of hydrogen-bond acceptors (Lipinski definition) is 2.